The molecule has 0 N–H and O–H groups in total. The number of hydrogen-bond acceptors (Lipinski definition) is 4. The molecule has 0 unspecified atom stereocenters. The number of carbonyl (C=O) groups is 1. The SMILES string of the molecule is COc1cccc(OC[C@H]2CCCN(C(=O)c3ccnn3C(F)F)C2)c1. The standard InChI is InChI=1S/C18H21F2N3O3/c1-25-14-5-2-6-15(10-14)26-12-13-4-3-9-22(11-13)17(24)16-7-8-21-23(16)18(19)20/h2,5-8,10,13,18H,3-4,9,11-12H2,1H3/t13-/m0/s1. The van der Waals surface area contributed by atoms with Crippen LogP contribution in [0.5, 0.6) is 11.5 Å². The predicted molar refractivity (Wildman–Crippen MR) is 90.6 cm³/mol. The van der Waals surface area contributed by atoms with Gasteiger partial charge in [0.15, 0.2) is 0 Å². The molecule has 1 fully saturated rings. The molecule has 26 heavy (non-hydrogen) atoms. The second-order valence-corrected chi connectivity index (χ2v) is 6.19. The lowest BCUT2D eigenvalue weighted by molar-refractivity contribution is 0.0425. The van der Waals surface area contributed by atoms with Crippen LogP contribution in [0.25, 0.3) is 0 Å². The number of nitrogens with zero attached hydrogens (tertiary/aromatic N) is 3. The zero-order valence-electron chi connectivity index (χ0n) is 14.5. The van der Waals surface area contributed by atoms with Crippen LogP contribution in [0.3, 0.4) is 0 Å². The summed E-state index contributed by atoms with van der Waals surface area (Å²) in [5, 5.41) is 3.53. The molecule has 0 radical (unpaired) electrons. The number of hydrogen-bond donors (Lipinski definition) is 0. The monoisotopic (exact) mass is 365 g/mol. The van der Waals surface area contributed by atoms with Crippen molar-refractivity contribution in [1.82, 2.24) is 14.7 Å². The van der Waals surface area contributed by atoms with E-state index < -0.39 is 12.5 Å². The quantitative estimate of drug-likeness (QED) is 0.789. The van der Waals surface area contributed by atoms with Gasteiger partial charge in [0.25, 0.3) is 5.91 Å². The normalized spacial score (nSPS) is 17.4. The maximum atomic E-state index is 12.9. The molecule has 1 aromatic heterocycles. The number of ether oxygens (including phenoxy) is 2. The van der Waals surface area contributed by atoms with Crippen molar-refractivity contribution >= 4 is 5.91 Å². The summed E-state index contributed by atoms with van der Waals surface area (Å²) >= 11 is 0. The van der Waals surface area contributed by atoms with Gasteiger partial charge in [-0.25, -0.2) is 0 Å². The van der Waals surface area contributed by atoms with Gasteiger partial charge in [0.05, 0.1) is 13.7 Å². The molecule has 1 aromatic carbocycles. The summed E-state index contributed by atoms with van der Waals surface area (Å²) in [5.74, 6) is 1.13. The van der Waals surface area contributed by atoms with Gasteiger partial charge in [-0.2, -0.15) is 18.6 Å². The average molecular weight is 365 g/mol. The Morgan fingerprint density at radius 1 is 1.35 bits per heavy atom. The second-order valence-electron chi connectivity index (χ2n) is 6.19. The highest BCUT2D eigenvalue weighted by molar-refractivity contribution is 5.92. The Balaban J connectivity index is 1.60. The minimum atomic E-state index is -2.83. The van der Waals surface area contributed by atoms with E-state index in [0.717, 1.165) is 12.8 Å². The summed E-state index contributed by atoms with van der Waals surface area (Å²) in [6.07, 6.45) is 2.94. The number of carbonyl (C=O) groups excluding carboxylic acids is 1. The molecule has 0 aliphatic carbocycles. The van der Waals surface area contributed by atoms with Crippen molar-refractivity contribution in [1.29, 1.82) is 0 Å². The van der Waals surface area contributed by atoms with Crippen LogP contribution >= 0.6 is 0 Å². The Morgan fingerprint density at radius 3 is 2.92 bits per heavy atom. The highest BCUT2D eigenvalue weighted by atomic mass is 19.3. The third-order valence-electron chi connectivity index (χ3n) is 4.41. The number of methoxy groups -OCH3 is 1. The van der Waals surface area contributed by atoms with Gasteiger partial charge in [-0.15, -0.1) is 0 Å². The first kappa shape index (κ1) is 18.2. The summed E-state index contributed by atoms with van der Waals surface area (Å²) in [5.41, 5.74) is -0.0886. The fourth-order valence-electron chi connectivity index (χ4n) is 3.09. The zero-order chi connectivity index (χ0) is 18.5. The van der Waals surface area contributed by atoms with Crippen molar-refractivity contribution in [3.05, 3.63) is 42.2 Å². The smallest absolute Gasteiger partial charge is 0.333 e. The van der Waals surface area contributed by atoms with Crippen molar-refractivity contribution in [2.45, 2.75) is 19.4 Å². The number of likely N-dealkylation sites (tertiary alicyclic amines) is 1. The number of aromatic nitrogens is 2. The van der Waals surface area contributed by atoms with Crippen LogP contribution in [0.15, 0.2) is 36.5 Å². The van der Waals surface area contributed by atoms with Crippen LogP contribution in [0.4, 0.5) is 8.78 Å². The van der Waals surface area contributed by atoms with Crippen molar-refractivity contribution in [3.63, 3.8) is 0 Å². The summed E-state index contributed by atoms with van der Waals surface area (Å²) < 4.78 is 37.3. The number of rotatable bonds is 6. The lowest BCUT2D eigenvalue weighted by atomic mass is 9.98. The van der Waals surface area contributed by atoms with Gasteiger partial charge in [-0.1, -0.05) is 6.07 Å². The van der Waals surface area contributed by atoms with E-state index in [1.165, 1.54) is 12.3 Å². The zero-order valence-corrected chi connectivity index (χ0v) is 14.5. The van der Waals surface area contributed by atoms with Gasteiger partial charge in [0.1, 0.15) is 17.2 Å². The molecule has 2 aromatic rings. The summed E-state index contributed by atoms with van der Waals surface area (Å²) in [6, 6.07) is 8.64. The van der Waals surface area contributed by atoms with Crippen LogP contribution in [0.2, 0.25) is 0 Å². The van der Waals surface area contributed by atoms with Crippen LogP contribution in [0, 0.1) is 5.92 Å². The highest BCUT2D eigenvalue weighted by Crippen LogP contribution is 2.23. The van der Waals surface area contributed by atoms with Gasteiger partial charge >= 0.3 is 6.55 Å². The first-order valence-corrected chi connectivity index (χ1v) is 8.46. The molecule has 2 heterocycles. The minimum absolute atomic E-state index is 0.0886. The molecule has 1 aliphatic rings. The Morgan fingerprint density at radius 2 is 2.15 bits per heavy atom. The van der Waals surface area contributed by atoms with E-state index in [1.54, 1.807) is 18.1 Å². The number of halogens is 2. The molecule has 0 bridgehead atoms. The number of benzene rings is 1. The maximum absolute atomic E-state index is 12.9. The van der Waals surface area contributed by atoms with Crippen molar-refractivity contribution in [2.75, 3.05) is 26.8 Å². The van der Waals surface area contributed by atoms with Crippen LogP contribution in [-0.2, 0) is 0 Å². The van der Waals surface area contributed by atoms with E-state index in [1.807, 2.05) is 18.2 Å². The fraction of sp³-hybridized carbons (Fsp3) is 0.444. The highest BCUT2D eigenvalue weighted by Gasteiger charge is 2.28. The molecule has 1 aliphatic heterocycles. The molecule has 1 amide bonds. The predicted octanol–water partition coefficient (Wildman–Crippen LogP) is 3.22. The molecule has 1 atom stereocenters. The maximum Gasteiger partial charge on any atom is 0.333 e. The van der Waals surface area contributed by atoms with Crippen molar-refractivity contribution < 1.29 is 23.0 Å². The largest absolute Gasteiger partial charge is 0.497 e. The molecule has 6 nitrogen and oxygen atoms in total. The van der Waals surface area contributed by atoms with E-state index in [2.05, 4.69) is 5.10 Å². The van der Waals surface area contributed by atoms with E-state index in [0.29, 0.717) is 35.9 Å². The van der Waals surface area contributed by atoms with E-state index in [9.17, 15) is 13.6 Å². The third-order valence-corrected chi connectivity index (χ3v) is 4.41. The topological polar surface area (TPSA) is 56.6 Å². The van der Waals surface area contributed by atoms with Crippen molar-refractivity contribution in [2.24, 2.45) is 5.92 Å². The molecule has 1 saturated heterocycles. The lowest BCUT2D eigenvalue weighted by Crippen LogP contribution is -2.42. The molecule has 8 heteroatoms. The van der Waals surface area contributed by atoms with Gasteiger partial charge in [-0.05, 0) is 31.0 Å². The summed E-state index contributed by atoms with van der Waals surface area (Å²) in [4.78, 5) is 14.2. The van der Waals surface area contributed by atoms with Crippen LogP contribution < -0.4 is 9.47 Å². The number of amides is 1. The Bertz CT molecular complexity index is 751. The number of piperidine rings is 1. The Labute approximate surface area is 150 Å². The van der Waals surface area contributed by atoms with E-state index >= 15 is 0 Å². The summed E-state index contributed by atoms with van der Waals surface area (Å²) in [6.45, 7) is -1.37. The minimum Gasteiger partial charge on any atom is -0.497 e. The average Bonchev–Trinajstić information content (AvgIpc) is 3.16. The molecular formula is C18H21F2N3O3. The third kappa shape index (κ3) is 4.12. The van der Waals surface area contributed by atoms with Gasteiger partial charge in [0, 0.05) is 31.3 Å². The Kier molecular flexibility index (Phi) is 5.70. The molecule has 0 saturated carbocycles. The fourth-order valence-corrected chi connectivity index (χ4v) is 3.09. The van der Waals surface area contributed by atoms with Gasteiger partial charge in [0.2, 0.25) is 0 Å². The molecule has 3 rings (SSSR count). The van der Waals surface area contributed by atoms with Crippen molar-refractivity contribution in [3.8, 4) is 11.5 Å². The molecular weight excluding hydrogens is 344 g/mol. The number of alkyl halides is 2. The lowest BCUT2D eigenvalue weighted by Gasteiger charge is -2.32. The van der Waals surface area contributed by atoms with Gasteiger partial charge in [-0.3, -0.25) is 4.79 Å². The van der Waals surface area contributed by atoms with Crippen LogP contribution in [0.1, 0.15) is 29.9 Å². The van der Waals surface area contributed by atoms with Gasteiger partial charge < -0.3 is 14.4 Å². The first-order valence-electron chi connectivity index (χ1n) is 8.46. The summed E-state index contributed by atoms with van der Waals surface area (Å²) in [7, 11) is 1.59. The molecule has 0 spiro atoms. The van der Waals surface area contributed by atoms with E-state index in [4.69, 9.17) is 9.47 Å². The first-order chi connectivity index (χ1) is 12.6. The van der Waals surface area contributed by atoms with Crippen LogP contribution in [-0.4, -0.2) is 47.4 Å². The van der Waals surface area contributed by atoms with E-state index in [-0.39, 0.29) is 11.6 Å². The second kappa shape index (κ2) is 8.16. The molecule has 140 valence electrons. The Hall–Kier alpha value is -2.64.